The first-order valence-electron chi connectivity index (χ1n) is 6.39. The van der Waals surface area contributed by atoms with Gasteiger partial charge in [-0.25, -0.2) is 0 Å². The van der Waals surface area contributed by atoms with E-state index in [0.717, 1.165) is 37.2 Å². The lowest BCUT2D eigenvalue weighted by atomic mass is 10.3. The highest BCUT2D eigenvalue weighted by molar-refractivity contribution is 6.30. The number of benzene rings is 1. The first-order valence-corrected chi connectivity index (χ1v) is 7.15. The Morgan fingerprint density at radius 1 is 0.850 bits per heavy atom. The average molecular weight is 311 g/mol. The van der Waals surface area contributed by atoms with Gasteiger partial charge in [0.15, 0.2) is 0 Å². The summed E-state index contributed by atoms with van der Waals surface area (Å²) in [6, 6.07) is 7.58. The molecule has 4 heteroatoms. The first kappa shape index (κ1) is 16.6. The van der Waals surface area contributed by atoms with E-state index in [2.05, 4.69) is 22.6 Å². The molecule has 0 aliphatic carbocycles. The van der Waals surface area contributed by atoms with Gasteiger partial charge in [0.2, 0.25) is 0 Å². The van der Waals surface area contributed by atoms with Crippen LogP contribution in [0.2, 0.25) is 0 Å². The molecule has 0 spiro atoms. The Morgan fingerprint density at radius 3 is 1.80 bits per heavy atom. The van der Waals surface area contributed by atoms with Gasteiger partial charge >= 0.3 is 0 Å². The molecule has 0 heterocycles. The average Bonchev–Trinajstić information content (AvgIpc) is 2.47. The Bertz CT molecular complexity index is 463. The van der Waals surface area contributed by atoms with E-state index in [9.17, 15) is 0 Å². The van der Waals surface area contributed by atoms with Gasteiger partial charge in [0.1, 0.15) is 11.5 Å². The molecule has 0 N–H and O–H groups in total. The molecule has 106 valence electrons. The van der Waals surface area contributed by atoms with Crippen LogP contribution in [0.25, 0.3) is 0 Å². The van der Waals surface area contributed by atoms with Gasteiger partial charge in [0, 0.05) is 29.7 Å². The summed E-state index contributed by atoms with van der Waals surface area (Å²) in [5, 5.41) is 4.68. The quantitative estimate of drug-likeness (QED) is 0.523. The zero-order valence-corrected chi connectivity index (χ0v) is 12.6. The van der Waals surface area contributed by atoms with Gasteiger partial charge in [-0.3, -0.25) is 0 Å². The molecule has 0 saturated heterocycles. The van der Waals surface area contributed by atoms with Crippen molar-refractivity contribution in [2.24, 2.45) is 0 Å². The lowest BCUT2D eigenvalue weighted by molar-refractivity contribution is 0.297. The Kier molecular flexibility index (Phi) is 9.41. The molecule has 20 heavy (non-hydrogen) atoms. The van der Waals surface area contributed by atoms with Crippen LogP contribution in [0.1, 0.15) is 25.7 Å². The van der Waals surface area contributed by atoms with Crippen molar-refractivity contribution in [1.82, 2.24) is 0 Å². The van der Waals surface area contributed by atoms with Gasteiger partial charge in [0.25, 0.3) is 0 Å². The molecule has 2 nitrogen and oxygen atoms in total. The van der Waals surface area contributed by atoms with Gasteiger partial charge in [-0.2, -0.15) is 0 Å². The second-order valence-electron chi connectivity index (χ2n) is 3.92. The summed E-state index contributed by atoms with van der Waals surface area (Å²) < 4.78 is 11.2. The predicted molar refractivity (Wildman–Crippen MR) is 83.2 cm³/mol. The summed E-state index contributed by atoms with van der Waals surface area (Å²) in [7, 11) is 0. The zero-order valence-electron chi connectivity index (χ0n) is 11.1. The largest absolute Gasteiger partial charge is 0.493 e. The smallest absolute Gasteiger partial charge is 0.122 e. The zero-order chi connectivity index (χ0) is 14.5. The highest BCUT2D eigenvalue weighted by Crippen LogP contribution is 2.19. The second-order valence-corrected chi connectivity index (χ2v) is 4.30. The second kappa shape index (κ2) is 11.4. The maximum absolute atomic E-state index is 5.61. The summed E-state index contributed by atoms with van der Waals surface area (Å²) in [5.41, 5.74) is 0. The third-order valence-electron chi connectivity index (χ3n) is 2.37. The molecular formula is C16H16Cl2O2. The van der Waals surface area contributed by atoms with Crippen molar-refractivity contribution in [2.75, 3.05) is 13.2 Å². The first-order chi connectivity index (χ1) is 9.86. The molecular weight excluding hydrogens is 295 g/mol. The molecule has 0 fully saturated rings. The Labute approximate surface area is 130 Å². The molecule has 0 bridgehead atoms. The molecule has 0 atom stereocenters. The van der Waals surface area contributed by atoms with Crippen LogP contribution >= 0.6 is 23.2 Å². The highest BCUT2D eigenvalue weighted by atomic mass is 35.5. The van der Waals surface area contributed by atoms with E-state index in [1.165, 1.54) is 0 Å². The standard InChI is InChI=1S/C16H16Cl2O2/c17-10-3-1-5-12-19-15-8-7-9-16(14-15)20-13-6-2-4-11-18/h7-9,14H,1-2,5-6,12-13H2. The molecule has 1 aromatic rings. The minimum Gasteiger partial charge on any atom is -0.493 e. The van der Waals surface area contributed by atoms with Crippen LogP contribution in [0.15, 0.2) is 24.3 Å². The summed E-state index contributed by atoms with van der Waals surface area (Å²) in [4.78, 5) is 0. The number of hydrogen-bond donors (Lipinski definition) is 0. The summed E-state index contributed by atoms with van der Waals surface area (Å²) >= 11 is 10.5. The minimum atomic E-state index is 0.611. The molecule has 0 amide bonds. The molecule has 0 unspecified atom stereocenters. The van der Waals surface area contributed by atoms with Crippen molar-refractivity contribution >= 4 is 23.2 Å². The third-order valence-corrected chi connectivity index (χ3v) is 2.64. The maximum Gasteiger partial charge on any atom is 0.122 e. The monoisotopic (exact) mass is 310 g/mol. The Balaban J connectivity index is 2.28. The van der Waals surface area contributed by atoms with Crippen LogP contribution in [0, 0.1) is 22.6 Å². The summed E-state index contributed by atoms with van der Waals surface area (Å²) in [5.74, 6) is 7.15. The van der Waals surface area contributed by atoms with E-state index >= 15 is 0 Å². The van der Waals surface area contributed by atoms with Crippen molar-refractivity contribution in [3.8, 4) is 34.1 Å². The van der Waals surface area contributed by atoms with Crippen molar-refractivity contribution in [2.45, 2.75) is 25.7 Å². The third kappa shape index (κ3) is 7.85. The molecule has 0 aliphatic heterocycles. The normalized spacial score (nSPS) is 8.90. The van der Waals surface area contributed by atoms with Crippen molar-refractivity contribution in [3.05, 3.63) is 24.3 Å². The van der Waals surface area contributed by atoms with Gasteiger partial charge in [-0.05, 0) is 48.2 Å². The molecule has 1 rings (SSSR count). The van der Waals surface area contributed by atoms with Crippen LogP contribution in [-0.4, -0.2) is 13.2 Å². The van der Waals surface area contributed by atoms with E-state index in [1.807, 2.05) is 24.3 Å². The minimum absolute atomic E-state index is 0.611. The summed E-state index contributed by atoms with van der Waals surface area (Å²) in [6.07, 6.45) is 3.17. The van der Waals surface area contributed by atoms with Gasteiger partial charge in [-0.1, -0.05) is 17.9 Å². The van der Waals surface area contributed by atoms with Gasteiger partial charge in [0.05, 0.1) is 13.2 Å². The number of hydrogen-bond acceptors (Lipinski definition) is 2. The molecule has 0 radical (unpaired) electrons. The molecule has 1 aromatic carbocycles. The molecule has 0 aliphatic rings. The molecule has 0 aromatic heterocycles. The Morgan fingerprint density at radius 2 is 1.35 bits per heavy atom. The van der Waals surface area contributed by atoms with E-state index in [1.54, 1.807) is 0 Å². The van der Waals surface area contributed by atoms with E-state index in [-0.39, 0.29) is 0 Å². The predicted octanol–water partition coefficient (Wildman–Crippen LogP) is 4.40. The van der Waals surface area contributed by atoms with Crippen LogP contribution in [0.3, 0.4) is 0 Å². The van der Waals surface area contributed by atoms with Crippen molar-refractivity contribution < 1.29 is 9.47 Å². The van der Waals surface area contributed by atoms with Crippen molar-refractivity contribution in [1.29, 1.82) is 0 Å². The number of rotatable bonds is 8. The Hall–Kier alpha value is -1.48. The number of ether oxygens (including phenoxy) is 2. The van der Waals surface area contributed by atoms with Crippen molar-refractivity contribution in [3.63, 3.8) is 0 Å². The van der Waals surface area contributed by atoms with Crippen LogP contribution in [0.5, 0.6) is 11.5 Å². The lowest BCUT2D eigenvalue weighted by Gasteiger charge is -2.08. The van der Waals surface area contributed by atoms with Crippen LogP contribution in [0.4, 0.5) is 0 Å². The topological polar surface area (TPSA) is 18.5 Å². The number of halogens is 2. The fourth-order valence-electron chi connectivity index (χ4n) is 1.45. The fraction of sp³-hybridized carbons (Fsp3) is 0.375. The molecule has 0 saturated carbocycles. The van der Waals surface area contributed by atoms with E-state index in [4.69, 9.17) is 32.7 Å². The SMILES string of the molecule is ClC#CCCCOc1cccc(OCCCC#CCl)c1. The lowest BCUT2D eigenvalue weighted by Crippen LogP contribution is -1.99. The van der Waals surface area contributed by atoms with Crippen LogP contribution in [-0.2, 0) is 0 Å². The van der Waals surface area contributed by atoms with Crippen LogP contribution < -0.4 is 9.47 Å². The maximum atomic E-state index is 5.61. The van der Waals surface area contributed by atoms with Gasteiger partial charge in [-0.15, -0.1) is 0 Å². The summed E-state index contributed by atoms with van der Waals surface area (Å²) in [6.45, 7) is 1.22. The fourth-order valence-corrected chi connectivity index (χ4v) is 1.64. The van der Waals surface area contributed by atoms with Gasteiger partial charge < -0.3 is 9.47 Å². The highest BCUT2D eigenvalue weighted by Gasteiger charge is 1.98. The number of unbranched alkanes of at least 4 members (excludes halogenated alkanes) is 2. The van der Waals surface area contributed by atoms with E-state index in [0.29, 0.717) is 13.2 Å². The van der Waals surface area contributed by atoms with E-state index < -0.39 is 0 Å².